The van der Waals surface area contributed by atoms with E-state index in [0.717, 1.165) is 22.3 Å². The summed E-state index contributed by atoms with van der Waals surface area (Å²) in [5, 5.41) is 12.4. The van der Waals surface area contributed by atoms with Gasteiger partial charge in [-0.25, -0.2) is 4.79 Å². The standard InChI is InChI=1S/C27H32N2O5/c1-16(2)23(24(30)29-13-17(3)27(4,15-29)25(31)32)28-26(33)34-14-22-20-11-7-5-9-18(20)19-10-6-8-12-21(19)22/h5-12,16-17,22-23H,13-15H2,1-4H3,(H,28,33)(H,31,32). The quantitative estimate of drug-likeness (QED) is 0.671. The van der Waals surface area contributed by atoms with Crippen LogP contribution in [0.1, 0.15) is 44.7 Å². The predicted octanol–water partition coefficient (Wildman–Crippen LogP) is 4.12. The van der Waals surface area contributed by atoms with Crippen molar-refractivity contribution in [2.45, 2.75) is 39.7 Å². The molecule has 1 heterocycles. The van der Waals surface area contributed by atoms with E-state index in [4.69, 9.17) is 4.74 Å². The molecule has 0 bridgehead atoms. The molecule has 0 aromatic heterocycles. The van der Waals surface area contributed by atoms with Gasteiger partial charge in [0.2, 0.25) is 5.91 Å². The highest BCUT2D eigenvalue weighted by molar-refractivity contribution is 5.87. The summed E-state index contributed by atoms with van der Waals surface area (Å²) < 4.78 is 5.62. The van der Waals surface area contributed by atoms with Crippen LogP contribution in [-0.2, 0) is 14.3 Å². The van der Waals surface area contributed by atoms with Crippen molar-refractivity contribution in [3.8, 4) is 11.1 Å². The van der Waals surface area contributed by atoms with Crippen molar-refractivity contribution < 1.29 is 24.2 Å². The highest BCUT2D eigenvalue weighted by atomic mass is 16.5. The average molecular weight is 465 g/mol. The van der Waals surface area contributed by atoms with Crippen molar-refractivity contribution >= 4 is 18.0 Å². The van der Waals surface area contributed by atoms with E-state index < -0.39 is 23.5 Å². The number of aliphatic carboxylic acids is 1. The number of ether oxygens (including phenoxy) is 1. The fourth-order valence-corrected chi connectivity index (χ4v) is 5.07. The fourth-order valence-electron chi connectivity index (χ4n) is 5.07. The number of alkyl carbamates (subject to hydrolysis) is 1. The van der Waals surface area contributed by atoms with Crippen molar-refractivity contribution in [3.05, 3.63) is 59.7 Å². The highest BCUT2D eigenvalue weighted by Crippen LogP contribution is 2.44. The summed E-state index contributed by atoms with van der Waals surface area (Å²) in [6.45, 7) is 7.83. The van der Waals surface area contributed by atoms with Crippen molar-refractivity contribution in [3.63, 3.8) is 0 Å². The number of nitrogens with zero attached hydrogens (tertiary/aromatic N) is 1. The molecule has 3 atom stereocenters. The predicted molar refractivity (Wildman–Crippen MR) is 128 cm³/mol. The Hall–Kier alpha value is -3.35. The van der Waals surface area contributed by atoms with E-state index >= 15 is 0 Å². The number of carboxylic acid groups (broad SMARTS) is 1. The van der Waals surface area contributed by atoms with E-state index in [9.17, 15) is 19.5 Å². The van der Waals surface area contributed by atoms with Crippen LogP contribution >= 0.6 is 0 Å². The minimum Gasteiger partial charge on any atom is -0.481 e. The fraction of sp³-hybridized carbons (Fsp3) is 0.444. The van der Waals surface area contributed by atoms with Crippen molar-refractivity contribution in [1.82, 2.24) is 10.2 Å². The van der Waals surface area contributed by atoms with Gasteiger partial charge in [-0.15, -0.1) is 0 Å². The molecule has 0 radical (unpaired) electrons. The third kappa shape index (κ3) is 4.15. The second-order valence-electron chi connectivity index (χ2n) is 10.0. The van der Waals surface area contributed by atoms with E-state index in [1.807, 2.05) is 45.0 Å². The van der Waals surface area contributed by atoms with Crippen molar-refractivity contribution in [2.75, 3.05) is 19.7 Å². The van der Waals surface area contributed by atoms with Crippen LogP contribution in [0.25, 0.3) is 11.1 Å². The van der Waals surface area contributed by atoms with Gasteiger partial charge in [0.05, 0.1) is 5.41 Å². The largest absolute Gasteiger partial charge is 0.481 e. The minimum absolute atomic E-state index is 0.0675. The lowest BCUT2D eigenvalue weighted by molar-refractivity contribution is -0.149. The van der Waals surface area contributed by atoms with Crippen molar-refractivity contribution in [1.29, 1.82) is 0 Å². The zero-order valence-electron chi connectivity index (χ0n) is 20.1. The number of nitrogens with one attached hydrogen (secondary N) is 1. The molecule has 1 aliphatic carbocycles. The SMILES string of the molecule is CC(C)C(NC(=O)OCC1c2ccccc2-c2ccccc21)C(=O)N1CC(C)C(C)(C(=O)O)C1. The van der Waals surface area contributed by atoms with Gasteiger partial charge in [0.1, 0.15) is 12.6 Å². The first-order chi connectivity index (χ1) is 16.1. The molecule has 3 unspecified atom stereocenters. The Labute approximate surface area is 200 Å². The Kier molecular flexibility index (Phi) is 6.39. The smallest absolute Gasteiger partial charge is 0.407 e. The molecule has 1 saturated heterocycles. The molecule has 1 aliphatic heterocycles. The Morgan fingerprint density at radius 2 is 1.65 bits per heavy atom. The van der Waals surface area contributed by atoms with E-state index in [-0.39, 0.29) is 36.8 Å². The zero-order chi connectivity index (χ0) is 24.6. The van der Waals surface area contributed by atoms with E-state index in [1.165, 1.54) is 0 Å². The first-order valence-corrected chi connectivity index (χ1v) is 11.8. The van der Waals surface area contributed by atoms with Crippen LogP contribution in [0.3, 0.4) is 0 Å². The lowest BCUT2D eigenvalue weighted by Crippen LogP contribution is -2.51. The van der Waals surface area contributed by atoms with Crippen LogP contribution in [-0.4, -0.2) is 53.7 Å². The summed E-state index contributed by atoms with van der Waals surface area (Å²) in [5.74, 6) is -1.63. The maximum Gasteiger partial charge on any atom is 0.407 e. The number of hydrogen-bond acceptors (Lipinski definition) is 4. The lowest BCUT2D eigenvalue weighted by atomic mass is 9.81. The van der Waals surface area contributed by atoms with Crippen LogP contribution in [0.15, 0.2) is 48.5 Å². The number of carboxylic acids is 1. The second-order valence-corrected chi connectivity index (χ2v) is 10.0. The van der Waals surface area contributed by atoms with Crippen LogP contribution < -0.4 is 5.32 Å². The zero-order valence-corrected chi connectivity index (χ0v) is 20.1. The molecule has 4 rings (SSSR count). The first kappa shape index (κ1) is 23.8. The molecular weight excluding hydrogens is 432 g/mol. The molecule has 2 aromatic rings. The summed E-state index contributed by atoms with van der Waals surface area (Å²) in [6.07, 6.45) is -0.651. The maximum atomic E-state index is 13.2. The van der Waals surface area contributed by atoms with Gasteiger partial charge in [-0.3, -0.25) is 9.59 Å². The lowest BCUT2D eigenvalue weighted by Gasteiger charge is -2.27. The van der Waals surface area contributed by atoms with Crippen molar-refractivity contribution in [2.24, 2.45) is 17.3 Å². The Bertz CT molecular complexity index is 1070. The molecule has 0 saturated carbocycles. The van der Waals surface area contributed by atoms with Gasteiger partial charge >= 0.3 is 12.1 Å². The molecule has 2 aromatic carbocycles. The van der Waals surface area contributed by atoms with E-state index in [2.05, 4.69) is 29.6 Å². The molecule has 180 valence electrons. The van der Waals surface area contributed by atoms with Gasteiger partial charge in [-0.1, -0.05) is 69.3 Å². The van der Waals surface area contributed by atoms with E-state index in [1.54, 1.807) is 11.8 Å². The molecule has 34 heavy (non-hydrogen) atoms. The monoisotopic (exact) mass is 464 g/mol. The molecule has 7 nitrogen and oxygen atoms in total. The number of benzene rings is 2. The molecular formula is C27H32N2O5. The number of hydrogen-bond donors (Lipinski definition) is 2. The van der Waals surface area contributed by atoms with Gasteiger partial charge in [0.15, 0.2) is 0 Å². The van der Waals surface area contributed by atoms with Gasteiger partial charge in [0.25, 0.3) is 0 Å². The van der Waals surface area contributed by atoms with Crippen LogP contribution in [0.5, 0.6) is 0 Å². The van der Waals surface area contributed by atoms with Crippen LogP contribution in [0, 0.1) is 17.3 Å². The number of carbonyl (C=O) groups is 3. The average Bonchev–Trinajstić information content (AvgIpc) is 3.30. The number of likely N-dealkylation sites (tertiary alicyclic amines) is 1. The summed E-state index contributed by atoms with van der Waals surface area (Å²) in [4.78, 5) is 39.3. The Morgan fingerprint density at radius 3 is 2.15 bits per heavy atom. The van der Waals surface area contributed by atoms with Gasteiger partial charge in [-0.05, 0) is 41.0 Å². The summed E-state index contributed by atoms with van der Waals surface area (Å²) >= 11 is 0. The summed E-state index contributed by atoms with van der Waals surface area (Å²) in [7, 11) is 0. The number of rotatable bonds is 6. The number of carbonyl (C=O) groups excluding carboxylic acids is 2. The molecule has 2 amide bonds. The summed E-state index contributed by atoms with van der Waals surface area (Å²) in [5.41, 5.74) is 3.53. The van der Waals surface area contributed by atoms with E-state index in [0.29, 0.717) is 6.54 Å². The maximum absolute atomic E-state index is 13.2. The molecule has 2 N–H and O–H groups in total. The minimum atomic E-state index is -0.999. The van der Waals surface area contributed by atoms with Crippen LogP contribution in [0.4, 0.5) is 4.79 Å². The normalized spacial score (nSPS) is 22.3. The Balaban J connectivity index is 1.43. The molecule has 7 heteroatoms. The van der Waals surface area contributed by atoms with Gasteiger partial charge in [0, 0.05) is 19.0 Å². The molecule has 1 fully saturated rings. The first-order valence-electron chi connectivity index (χ1n) is 11.8. The second kappa shape index (κ2) is 9.12. The number of amides is 2. The topological polar surface area (TPSA) is 95.9 Å². The third-order valence-electron chi connectivity index (χ3n) is 7.45. The Morgan fingerprint density at radius 1 is 1.09 bits per heavy atom. The number of fused-ring (bicyclic) bond motifs is 3. The highest BCUT2D eigenvalue weighted by Gasteiger charge is 2.49. The van der Waals surface area contributed by atoms with Gasteiger partial charge in [-0.2, -0.15) is 0 Å². The van der Waals surface area contributed by atoms with Gasteiger partial charge < -0.3 is 20.1 Å². The summed E-state index contributed by atoms with van der Waals surface area (Å²) in [6, 6.07) is 15.4. The van der Waals surface area contributed by atoms with Crippen LogP contribution in [0.2, 0.25) is 0 Å². The third-order valence-corrected chi connectivity index (χ3v) is 7.45. The molecule has 0 spiro atoms. The molecule has 2 aliphatic rings.